The minimum absolute atomic E-state index is 0.287. The molecule has 0 radical (unpaired) electrons. The first-order chi connectivity index (χ1) is 13.1. The largest absolute Gasteiger partial charge is 0.494 e. The van der Waals surface area contributed by atoms with E-state index in [2.05, 4.69) is 10.6 Å². The van der Waals surface area contributed by atoms with Gasteiger partial charge in [-0.25, -0.2) is 9.18 Å². The highest BCUT2D eigenvalue weighted by Crippen LogP contribution is 2.23. The number of fused-ring (bicyclic) bond motifs is 1. The van der Waals surface area contributed by atoms with Crippen molar-refractivity contribution in [2.24, 2.45) is 0 Å². The molecule has 3 aromatic rings. The zero-order chi connectivity index (χ0) is 18.8. The molecular formula is C20H17FN2O3S. The SMILES string of the molecule is CCOc1ccc2cc([C@@H]3C=S=C(Nc4ccc(F)cc4)N3)c(=O)oc2c1. The van der Waals surface area contributed by atoms with Gasteiger partial charge in [-0.3, -0.25) is 5.32 Å². The lowest BCUT2D eigenvalue weighted by molar-refractivity contribution is 0.340. The Morgan fingerprint density at radius 1 is 1.22 bits per heavy atom. The molecule has 0 saturated carbocycles. The fourth-order valence-electron chi connectivity index (χ4n) is 2.81. The van der Waals surface area contributed by atoms with Crippen LogP contribution in [-0.2, 0) is 0 Å². The van der Waals surface area contributed by atoms with Crippen LogP contribution in [0, 0.1) is 5.82 Å². The summed E-state index contributed by atoms with van der Waals surface area (Å²) in [6.07, 6.45) is 0. The maximum atomic E-state index is 13.0. The lowest BCUT2D eigenvalue weighted by Gasteiger charge is -2.13. The Labute approximate surface area is 158 Å². The zero-order valence-electron chi connectivity index (χ0n) is 14.5. The molecule has 0 unspecified atom stereocenters. The topological polar surface area (TPSA) is 63.5 Å². The molecule has 0 saturated heterocycles. The van der Waals surface area contributed by atoms with E-state index in [1.165, 1.54) is 23.1 Å². The van der Waals surface area contributed by atoms with E-state index >= 15 is 0 Å². The minimum atomic E-state index is -0.395. The lowest BCUT2D eigenvalue weighted by Crippen LogP contribution is -2.32. The van der Waals surface area contributed by atoms with Gasteiger partial charge >= 0.3 is 5.63 Å². The quantitative estimate of drug-likeness (QED) is 0.530. The van der Waals surface area contributed by atoms with E-state index in [9.17, 15) is 9.18 Å². The lowest BCUT2D eigenvalue weighted by atomic mass is 10.1. The summed E-state index contributed by atoms with van der Waals surface area (Å²) in [5.41, 5.74) is 1.38. The number of rotatable bonds is 4. The van der Waals surface area contributed by atoms with Crippen molar-refractivity contribution in [1.29, 1.82) is 0 Å². The van der Waals surface area contributed by atoms with Crippen LogP contribution in [0.25, 0.3) is 11.0 Å². The third-order valence-electron chi connectivity index (χ3n) is 4.09. The van der Waals surface area contributed by atoms with Crippen molar-refractivity contribution < 1.29 is 13.5 Å². The van der Waals surface area contributed by atoms with Crippen LogP contribution in [-0.4, -0.2) is 17.1 Å². The number of nitrogens with one attached hydrogen (secondary N) is 2. The van der Waals surface area contributed by atoms with Gasteiger partial charge in [0.2, 0.25) is 0 Å². The fraction of sp³-hybridized carbons (Fsp3) is 0.150. The number of hydrogen-bond acceptors (Lipinski definition) is 5. The molecule has 0 spiro atoms. The summed E-state index contributed by atoms with van der Waals surface area (Å²) in [4.78, 5) is 12.4. The second-order valence-corrected chi connectivity index (χ2v) is 6.87. The van der Waals surface area contributed by atoms with Gasteiger partial charge in [0.05, 0.1) is 18.2 Å². The van der Waals surface area contributed by atoms with Crippen LogP contribution < -0.4 is 21.0 Å². The van der Waals surface area contributed by atoms with Gasteiger partial charge in [0.15, 0.2) is 0 Å². The van der Waals surface area contributed by atoms with Gasteiger partial charge in [-0.15, -0.1) is 10.9 Å². The summed E-state index contributed by atoms with van der Waals surface area (Å²) in [6, 6.07) is 13.1. The molecule has 2 aromatic carbocycles. The van der Waals surface area contributed by atoms with Gasteiger partial charge in [0, 0.05) is 17.1 Å². The Kier molecular flexibility index (Phi) is 4.79. The molecule has 0 aliphatic carbocycles. The molecule has 1 aliphatic rings. The van der Waals surface area contributed by atoms with Crippen LogP contribution in [0.3, 0.4) is 0 Å². The van der Waals surface area contributed by atoms with E-state index in [1.54, 1.807) is 18.2 Å². The normalized spacial score (nSPS) is 16.1. The highest BCUT2D eigenvalue weighted by atomic mass is 32.1. The van der Waals surface area contributed by atoms with E-state index in [1.807, 2.05) is 30.5 Å². The maximum absolute atomic E-state index is 13.0. The van der Waals surface area contributed by atoms with Crippen LogP contribution >= 0.6 is 10.9 Å². The van der Waals surface area contributed by atoms with Crippen molar-refractivity contribution in [3.05, 3.63) is 70.3 Å². The molecule has 0 bridgehead atoms. The predicted octanol–water partition coefficient (Wildman–Crippen LogP) is 3.71. The van der Waals surface area contributed by atoms with Crippen LogP contribution in [0.1, 0.15) is 18.5 Å². The Bertz CT molecular complexity index is 1120. The molecule has 1 atom stereocenters. The van der Waals surface area contributed by atoms with Crippen molar-refractivity contribution in [3.8, 4) is 5.75 Å². The van der Waals surface area contributed by atoms with Crippen molar-refractivity contribution in [3.63, 3.8) is 0 Å². The fourth-order valence-corrected chi connectivity index (χ4v) is 3.67. The molecule has 27 heavy (non-hydrogen) atoms. The number of anilines is 1. The van der Waals surface area contributed by atoms with Crippen molar-refractivity contribution in [2.75, 3.05) is 11.9 Å². The Hall–Kier alpha value is -2.90. The molecular weight excluding hydrogens is 367 g/mol. The highest BCUT2D eigenvalue weighted by molar-refractivity contribution is 7.97. The molecule has 0 fully saturated rings. The minimum Gasteiger partial charge on any atom is -0.494 e. The van der Waals surface area contributed by atoms with E-state index in [0.29, 0.717) is 23.5 Å². The van der Waals surface area contributed by atoms with Crippen LogP contribution in [0.2, 0.25) is 0 Å². The molecule has 2 heterocycles. The van der Waals surface area contributed by atoms with E-state index < -0.39 is 5.63 Å². The Morgan fingerprint density at radius 2 is 2.04 bits per heavy atom. The summed E-state index contributed by atoms with van der Waals surface area (Å²) in [5, 5.41) is 9.91. The summed E-state index contributed by atoms with van der Waals surface area (Å²) in [7, 11) is 1.44. The third kappa shape index (κ3) is 3.79. The predicted molar refractivity (Wildman–Crippen MR) is 108 cm³/mol. The Morgan fingerprint density at radius 3 is 2.81 bits per heavy atom. The summed E-state index contributed by atoms with van der Waals surface area (Å²) in [5.74, 6) is 0.379. The molecule has 2 N–H and O–H groups in total. The second-order valence-electron chi connectivity index (χ2n) is 5.96. The number of halogens is 1. The van der Waals surface area contributed by atoms with E-state index in [0.717, 1.165) is 16.2 Å². The number of benzene rings is 2. The van der Waals surface area contributed by atoms with Gasteiger partial charge in [-0.05, 0) is 54.8 Å². The molecule has 7 heteroatoms. The highest BCUT2D eigenvalue weighted by Gasteiger charge is 2.20. The first-order valence-electron chi connectivity index (χ1n) is 8.49. The standard InChI is InChI=1S/C20H17FN2O3S/c1-2-25-15-8-3-12-9-16(19(24)26-18(12)10-15)17-11-27-20(23-17)22-14-6-4-13(21)5-7-14/h3-11,17,22-23H,2H2,1H3/t17-/m0/s1. The Balaban J connectivity index is 1.54. The van der Waals surface area contributed by atoms with Gasteiger partial charge in [0.25, 0.3) is 0 Å². The van der Waals surface area contributed by atoms with Gasteiger partial charge < -0.3 is 14.5 Å². The molecule has 5 nitrogen and oxygen atoms in total. The van der Waals surface area contributed by atoms with E-state index in [-0.39, 0.29) is 11.9 Å². The monoisotopic (exact) mass is 384 g/mol. The summed E-state index contributed by atoms with van der Waals surface area (Å²) in [6.45, 7) is 2.45. The van der Waals surface area contributed by atoms with Crippen molar-refractivity contribution in [1.82, 2.24) is 5.32 Å². The van der Waals surface area contributed by atoms with Crippen LogP contribution in [0.5, 0.6) is 5.75 Å². The third-order valence-corrected chi connectivity index (χ3v) is 4.95. The van der Waals surface area contributed by atoms with Crippen LogP contribution in [0.4, 0.5) is 10.1 Å². The summed E-state index contributed by atoms with van der Waals surface area (Å²) >= 11 is 0. The maximum Gasteiger partial charge on any atom is 0.341 e. The first-order valence-corrected chi connectivity index (χ1v) is 9.37. The van der Waals surface area contributed by atoms with Gasteiger partial charge in [0.1, 0.15) is 22.3 Å². The molecule has 1 aromatic heterocycles. The van der Waals surface area contributed by atoms with Gasteiger partial charge in [-0.2, -0.15) is 0 Å². The van der Waals surface area contributed by atoms with Crippen LogP contribution in [0.15, 0.2) is 57.7 Å². The molecule has 138 valence electrons. The first kappa shape index (κ1) is 17.5. The average molecular weight is 384 g/mol. The smallest absolute Gasteiger partial charge is 0.341 e. The van der Waals surface area contributed by atoms with Gasteiger partial charge in [-0.1, -0.05) is 0 Å². The van der Waals surface area contributed by atoms with E-state index in [4.69, 9.17) is 9.15 Å². The number of ether oxygens (including phenoxy) is 1. The molecule has 1 aliphatic heterocycles. The number of hydrogen-bond donors (Lipinski definition) is 2. The zero-order valence-corrected chi connectivity index (χ0v) is 15.3. The second kappa shape index (κ2) is 7.38. The van der Waals surface area contributed by atoms with Crippen molar-refractivity contribution >= 4 is 38.1 Å². The van der Waals surface area contributed by atoms with Crippen molar-refractivity contribution in [2.45, 2.75) is 13.0 Å². The molecule has 0 amide bonds. The average Bonchev–Trinajstić information content (AvgIpc) is 3.11. The molecule has 4 rings (SSSR count). The summed E-state index contributed by atoms with van der Waals surface area (Å²) < 4.78 is 23.9.